The second kappa shape index (κ2) is 9.80. The molecule has 7 heteroatoms. The van der Waals surface area contributed by atoms with Gasteiger partial charge in [0.25, 0.3) is 5.91 Å². The van der Waals surface area contributed by atoms with E-state index in [1.165, 1.54) is 18.1 Å². The molecule has 0 radical (unpaired) electrons. The fourth-order valence-corrected chi connectivity index (χ4v) is 3.29. The van der Waals surface area contributed by atoms with E-state index in [1.807, 2.05) is 18.2 Å². The Morgan fingerprint density at radius 2 is 2.00 bits per heavy atom. The molecule has 3 rings (SSSR count). The second-order valence-corrected chi connectivity index (χ2v) is 8.41. The summed E-state index contributed by atoms with van der Waals surface area (Å²) in [5.74, 6) is 0.554. The molecule has 0 fully saturated rings. The maximum atomic E-state index is 12.7. The monoisotopic (exact) mass is 414 g/mol. The molecule has 0 aliphatic carbocycles. The predicted octanol–water partition coefficient (Wildman–Crippen LogP) is 4.03. The number of fused-ring (bicyclic) bond motifs is 1. The minimum absolute atomic E-state index is 0.142. The molecule has 0 spiro atoms. The Hall–Kier alpha value is -2.80. The zero-order valence-electron chi connectivity index (χ0n) is 17.8. The smallest absolute Gasteiger partial charge is 0.417 e. The first kappa shape index (κ1) is 21.9. The van der Waals surface area contributed by atoms with E-state index < -0.39 is 17.6 Å². The van der Waals surface area contributed by atoms with Gasteiger partial charge in [0.1, 0.15) is 23.7 Å². The van der Waals surface area contributed by atoms with Gasteiger partial charge in [0.2, 0.25) is 0 Å². The summed E-state index contributed by atoms with van der Waals surface area (Å²) in [6.45, 7) is 7.15. The molecule has 30 heavy (non-hydrogen) atoms. The van der Waals surface area contributed by atoms with Gasteiger partial charge in [-0.3, -0.25) is 4.79 Å². The summed E-state index contributed by atoms with van der Waals surface area (Å²) in [4.78, 5) is 26.3. The summed E-state index contributed by atoms with van der Waals surface area (Å²) in [7, 11) is 0. The number of nitrogens with zero attached hydrogens (tertiary/aromatic N) is 1. The van der Waals surface area contributed by atoms with Crippen LogP contribution in [-0.2, 0) is 11.2 Å². The third kappa shape index (κ3) is 6.10. The van der Waals surface area contributed by atoms with Crippen LogP contribution in [0.5, 0.6) is 5.75 Å². The normalized spacial score (nSPS) is 15.4. The van der Waals surface area contributed by atoms with Crippen molar-refractivity contribution in [3.8, 4) is 5.75 Å². The standard InChI is InChI=1S/C23H30N2O5/c1-23(2,3)30-22(27)25(21(26)18-10-13-28-16-18)12-7-6-11-24-15-19-14-17-8-4-5-9-20(17)29-19/h4-5,8-10,13,16,19,24H,6-7,11-12,14-15H2,1-3H3. The van der Waals surface area contributed by atoms with Gasteiger partial charge in [-0.05, 0) is 57.9 Å². The number of hydrogen-bond acceptors (Lipinski definition) is 6. The molecule has 0 bridgehead atoms. The second-order valence-electron chi connectivity index (χ2n) is 8.41. The Kier molecular flexibility index (Phi) is 7.15. The highest BCUT2D eigenvalue weighted by atomic mass is 16.6. The van der Waals surface area contributed by atoms with Crippen molar-refractivity contribution in [3.05, 3.63) is 54.0 Å². The number of nitrogens with one attached hydrogen (secondary N) is 1. The van der Waals surface area contributed by atoms with E-state index >= 15 is 0 Å². The Morgan fingerprint density at radius 1 is 1.20 bits per heavy atom. The lowest BCUT2D eigenvalue weighted by molar-refractivity contribution is 0.0238. The number of ether oxygens (including phenoxy) is 2. The van der Waals surface area contributed by atoms with Crippen LogP contribution in [0.2, 0.25) is 0 Å². The Morgan fingerprint density at radius 3 is 2.70 bits per heavy atom. The maximum absolute atomic E-state index is 12.7. The lowest BCUT2D eigenvalue weighted by Gasteiger charge is -2.26. The molecule has 1 N–H and O–H groups in total. The van der Waals surface area contributed by atoms with Crippen molar-refractivity contribution in [2.45, 2.75) is 51.7 Å². The average molecular weight is 415 g/mol. The van der Waals surface area contributed by atoms with Gasteiger partial charge in [0.15, 0.2) is 0 Å². The summed E-state index contributed by atoms with van der Waals surface area (Å²) in [5.41, 5.74) is 0.902. The van der Waals surface area contributed by atoms with E-state index in [0.717, 1.165) is 36.6 Å². The molecule has 1 aliphatic heterocycles. The zero-order valence-corrected chi connectivity index (χ0v) is 17.8. The van der Waals surface area contributed by atoms with E-state index in [4.69, 9.17) is 13.9 Å². The number of hydrogen-bond donors (Lipinski definition) is 1. The summed E-state index contributed by atoms with van der Waals surface area (Å²) >= 11 is 0. The lowest BCUT2D eigenvalue weighted by atomic mass is 10.1. The minimum atomic E-state index is -0.674. The Balaban J connectivity index is 1.42. The van der Waals surface area contributed by atoms with Gasteiger partial charge >= 0.3 is 6.09 Å². The van der Waals surface area contributed by atoms with Crippen LogP contribution in [-0.4, -0.2) is 48.2 Å². The van der Waals surface area contributed by atoms with Crippen LogP contribution < -0.4 is 10.1 Å². The number of carbonyl (C=O) groups excluding carboxylic acids is 2. The van der Waals surface area contributed by atoms with Crippen molar-refractivity contribution in [1.29, 1.82) is 0 Å². The number of para-hydroxylation sites is 1. The number of carbonyl (C=O) groups is 2. The molecule has 2 amide bonds. The van der Waals surface area contributed by atoms with Crippen LogP contribution in [0.1, 0.15) is 49.5 Å². The van der Waals surface area contributed by atoms with Gasteiger partial charge in [0, 0.05) is 19.5 Å². The van der Waals surface area contributed by atoms with Gasteiger partial charge in [0.05, 0.1) is 11.8 Å². The van der Waals surface area contributed by atoms with Crippen molar-refractivity contribution in [2.75, 3.05) is 19.6 Å². The zero-order chi connectivity index (χ0) is 21.6. The molecule has 2 heterocycles. The van der Waals surface area contributed by atoms with E-state index in [0.29, 0.717) is 12.0 Å². The fourth-order valence-electron chi connectivity index (χ4n) is 3.29. The van der Waals surface area contributed by atoms with Gasteiger partial charge in [-0.1, -0.05) is 18.2 Å². The van der Waals surface area contributed by atoms with Gasteiger partial charge in [-0.25, -0.2) is 9.69 Å². The molecule has 7 nitrogen and oxygen atoms in total. The number of benzene rings is 1. The van der Waals surface area contributed by atoms with Crippen molar-refractivity contribution >= 4 is 12.0 Å². The van der Waals surface area contributed by atoms with Crippen LogP contribution in [0.3, 0.4) is 0 Å². The molecule has 1 unspecified atom stereocenters. The number of unbranched alkanes of at least 4 members (excludes halogenated alkanes) is 1. The molecule has 0 saturated heterocycles. The van der Waals surface area contributed by atoms with Crippen molar-refractivity contribution in [3.63, 3.8) is 0 Å². The molecule has 1 aromatic carbocycles. The summed E-state index contributed by atoms with van der Waals surface area (Å²) in [6.07, 6.45) is 4.64. The first-order valence-electron chi connectivity index (χ1n) is 10.4. The number of furan rings is 1. The third-order valence-corrected chi connectivity index (χ3v) is 4.70. The lowest BCUT2D eigenvalue weighted by Crippen LogP contribution is -2.41. The molecule has 1 aliphatic rings. The van der Waals surface area contributed by atoms with Crippen LogP contribution in [0, 0.1) is 0 Å². The SMILES string of the molecule is CC(C)(C)OC(=O)N(CCCCNCC1Cc2ccccc2O1)C(=O)c1ccoc1. The minimum Gasteiger partial charge on any atom is -0.488 e. The number of amides is 2. The number of imide groups is 1. The Labute approximate surface area is 177 Å². The van der Waals surface area contributed by atoms with Gasteiger partial charge in [-0.2, -0.15) is 0 Å². The van der Waals surface area contributed by atoms with Gasteiger partial charge < -0.3 is 19.2 Å². The topological polar surface area (TPSA) is 81.0 Å². The fraction of sp³-hybridized carbons (Fsp3) is 0.478. The molecule has 1 aromatic heterocycles. The predicted molar refractivity (Wildman–Crippen MR) is 113 cm³/mol. The van der Waals surface area contributed by atoms with Crippen LogP contribution in [0.4, 0.5) is 4.79 Å². The van der Waals surface area contributed by atoms with E-state index in [9.17, 15) is 9.59 Å². The maximum Gasteiger partial charge on any atom is 0.417 e. The molecular formula is C23H30N2O5. The summed E-state index contributed by atoms with van der Waals surface area (Å²) in [6, 6.07) is 9.64. The van der Waals surface area contributed by atoms with Gasteiger partial charge in [-0.15, -0.1) is 0 Å². The van der Waals surface area contributed by atoms with E-state index in [-0.39, 0.29) is 12.6 Å². The highest BCUT2D eigenvalue weighted by Crippen LogP contribution is 2.27. The Bertz CT molecular complexity index is 817. The first-order valence-corrected chi connectivity index (χ1v) is 10.4. The van der Waals surface area contributed by atoms with E-state index in [1.54, 1.807) is 26.8 Å². The summed E-state index contributed by atoms with van der Waals surface area (Å²) < 4.78 is 16.3. The highest BCUT2D eigenvalue weighted by Gasteiger charge is 2.28. The quantitative estimate of drug-likeness (QED) is 0.657. The van der Waals surface area contributed by atoms with Crippen molar-refractivity contribution in [2.24, 2.45) is 0 Å². The van der Waals surface area contributed by atoms with Crippen LogP contribution >= 0.6 is 0 Å². The first-order chi connectivity index (χ1) is 14.3. The molecule has 0 saturated carbocycles. The molecule has 1 atom stereocenters. The average Bonchev–Trinajstić information content (AvgIpc) is 3.35. The van der Waals surface area contributed by atoms with Crippen LogP contribution in [0.25, 0.3) is 0 Å². The molecular weight excluding hydrogens is 384 g/mol. The number of rotatable bonds is 8. The van der Waals surface area contributed by atoms with Crippen molar-refractivity contribution in [1.82, 2.24) is 10.2 Å². The largest absolute Gasteiger partial charge is 0.488 e. The van der Waals surface area contributed by atoms with Crippen LogP contribution in [0.15, 0.2) is 47.3 Å². The third-order valence-electron chi connectivity index (χ3n) is 4.70. The van der Waals surface area contributed by atoms with E-state index in [2.05, 4.69) is 11.4 Å². The highest BCUT2D eigenvalue weighted by molar-refractivity contribution is 6.02. The van der Waals surface area contributed by atoms with Crippen molar-refractivity contribution < 1.29 is 23.5 Å². The molecule has 162 valence electrons. The summed E-state index contributed by atoms with van der Waals surface area (Å²) in [5, 5.41) is 3.40. The molecule has 2 aromatic rings.